The molecular weight excluding hydrogens is 246 g/mol. The molecule has 2 rings (SSSR count). The van der Waals surface area contributed by atoms with Crippen LogP contribution in [0.4, 0.5) is 16.2 Å². The molecule has 0 radical (unpaired) electrons. The first-order valence-corrected chi connectivity index (χ1v) is 6.20. The highest BCUT2D eigenvalue weighted by Gasteiger charge is 2.17. The lowest BCUT2D eigenvalue weighted by molar-refractivity contribution is -0.114. The van der Waals surface area contributed by atoms with Crippen LogP contribution in [0.15, 0.2) is 24.3 Å². The number of ether oxygens (including phenoxy) is 1. The van der Waals surface area contributed by atoms with Gasteiger partial charge in [0, 0.05) is 24.9 Å². The van der Waals surface area contributed by atoms with Crippen molar-refractivity contribution in [2.45, 2.75) is 26.0 Å². The Balaban J connectivity index is 1.84. The molecule has 6 nitrogen and oxygen atoms in total. The Morgan fingerprint density at radius 3 is 2.32 bits per heavy atom. The van der Waals surface area contributed by atoms with Crippen molar-refractivity contribution >= 4 is 23.3 Å². The van der Waals surface area contributed by atoms with Gasteiger partial charge in [0.05, 0.1) is 0 Å². The highest BCUT2D eigenvalue weighted by Crippen LogP contribution is 2.14. The van der Waals surface area contributed by atoms with Crippen LogP contribution in [0.3, 0.4) is 0 Å². The number of hydrogen-bond acceptors (Lipinski definition) is 3. The van der Waals surface area contributed by atoms with E-state index in [9.17, 15) is 9.59 Å². The Labute approximate surface area is 111 Å². The van der Waals surface area contributed by atoms with Gasteiger partial charge < -0.3 is 20.7 Å². The van der Waals surface area contributed by atoms with Crippen LogP contribution in [0.25, 0.3) is 0 Å². The van der Waals surface area contributed by atoms with Crippen LogP contribution in [-0.4, -0.2) is 24.8 Å². The van der Waals surface area contributed by atoms with Crippen molar-refractivity contribution in [3.63, 3.8) is 0 Å². The van der Waals surface area contributed by atoms with E-state index in [1.807, 2.05) is 0 Å². The third-order valence-electron chi connectivity index (χ3n) is 2.68. The number of carbonyl (C=O) groups is 2. The molecule has 19 heavy (non-hydrogen) atoms. The van der Waals surface area contributed by atoms with Crippen molar-refractivity contribution in [2.75, 3.05) is 17.2 Å². The van der Waals surface area contributed by atoms with Gasteiger partial charge >= 0.3 is 6.03 Å². The molecule has 1 atom stereocenters. The minimum atomic E-state index is -0.292. The van der Waals surface area contributed by atoms with E-state index in [1.54, 1.807) is 24.3 Å². The van der Waals surface area contributed by atoms with Crippen LogP contribution in [0.2, 0.25) is 0 Å². The van der Waals surface area contributed by atoms with E-state index in [-0.39, 0.29) is 18.2 Å². The second kappa shape index (κ2) is 6.19. The first-order chi connectivity index (χ1) is 9.13. The van der Waals surface area contributed by atoms with E-state index in [1.165, 1.54) is 6.92 Å². The van der Waals surface area contributed by atoms with Gasteiger partial charge in [0.15, 0.2) is 0 Å². The minimum Gasteiger partial charge on any atom is -0.358 e. The number of hydrogen-bond donors (Lipinski definition) is 3. The maximum atomic E-state index is 11.7. The van der Waals surface area contributed by atoms with E-state index in [2.05, 4.69) is 16.0 Å². The largest absolute Gasteiger partial charge is 0.358 e. The summed E-state index contributed by atoms with van der Waals surface area (Å²) in [5, 5.41) is 8.10. The molecule has 0 aliphatic carbocycles. The third-order valence-corrected chi connectivity index (χ3v) is 2.68. The standard InChI is InChI=1S/C13H17N3O3/c1-9(17)14-10-4-6-11(7-5-10)15-13(18)16-12-3-2-8-19-12/h4-7,12H,2-3,8H2,1H3,(H,14,17)(H2,15,16,18). The van der Waals surface area contributed by atoms with Gasteiger partial charge in [-0.15, -0.1) is 0 Å². The van der Waals surface area contributed by atoms with E-state index < -0.39 is 0 Å². The summed E-state index contributed by atoms with van der Waals surface area (Å²) in [6.07, 6.45) is 1.62. The van der Waals surface area contributed by atoms with Gasteiger partial charge in [0.1, 0.15) is 6.23 Å². The van der Waals surface area contributed by atoms with Crippen molar-refractivity contribution in [3.8, 4) is 0 Å². The molecule has 0 bridgehead atoms. The molecule has 1 aliphatic heterocycles. The lowest BCUT2D eigenvalue weighted by Gasteiger charge is -2.13. The van der Waals surface area contributed by atoms with Crippen molar-refractivity contribution < 1.29 is 14.3 Å². The van der Waals surface area contributed by atoms with E-state index in [4.69, 9.17) is 4.74 Å². The molecule has 0 aromatic heterocycles. The quantitative estimate of drug-likeness (QED) is 0.779. The monoisotopic (exact) mass is 263 g/mol. The predicted octanol–water partition coefficient (Wildman–Crippen LogP) is 1.90. The maximum absolute atomic E-state index is 11.7. The highest BCUT2D eigenvalue weighted by molar-refractivity contribution is 5.91. The fourth-order valence-corrected chi connectivity index (χ4v) is 1.85. The van der Waals surface area contributed by atoms with Gasteiger partial charge in [0.25, 0.3) is 0 Å². The number of amides is 3. The second-order valence-corrected chi connectivity index (χ2v) is 4.36. The molecule has 6 heteroatoms. The minimum absolute atomic E-state index is 0.128. The zero-order valence-electron chi connectivity index (χ0n) is 10.7. The zero-order valence-corrected chi connectivity index (χ0v) is 10.7. The van der Waals surface area contributed by atoms with Gasteiger partial charge in [-0.3, -0.25) is 4.79 Å². The summed E-state index contributed by atoms with van der Waals surface area (Å²) >= 11 is 0. The number of urea groups is 1. The van der Waals surface area contributed by atoms with Crippen LogP contribution < -0.4 is 16.0 Å². The van der Waals surface area contributed by atoms with Crippen molar-refractivity contribution in [1.29, 1.82) is 0 Å². The Morgan fingerprint density at radius 2 is 1.79 bits per heavy atom. The Hall–Kier alpha value is -2.08. The maximum Gasteiger partial charge on any atom is 0.321 e. The van der Waals surface area contributed by atoms with Crippen LogP contribution in [-0.2, 0) is 9.53 Å². The molecule has 1 aromatic rings. The average molecular weight is 263 g/mol. The van der Waals surface area contributed by atoms with Gasteiger partial charge in [-0.05, 0) is 37.1 Å². The predicted molar refractivity (Wildman–Crippen MR) is 71.9 cm³/mol. The molecule has 1 aromatic carbocycles. The number of carbonyl (C=O) groups excluding carboxylic acids is 2. The molecule has 1 unspecified atom stereocenters. The number of nitrogens with one attached hydrogen (secondary N) is 3. The fourth-order valence-electron chi connectivity index (χ4n) is 1.85. The normalized spacial score (nSPS) is 17.8. The molecular formula is C13H17N3O3. The molecule has 1 saturated heterocycles. The lowest BCUT2D eigenvalue weighted by atomic mass is 10.3. The number of benzene rings is 1. The molecule has 102 valence electrons. The molecule has 3 N–H and O–H groups in total. The fraction of sp³-hybridized carbons (Fsp3) is 0.385. The van der Waals surface area contributed by atoms with E-state index >= 15 is 0 Å². The summed E-state index contributed by atoms with van der Waals surface area (Å²) in [7, 11) is 0. The number of anilines is 2. The summed E-state index contributed by atoms with van der Waals surface area (Å²) in [4.78, 5) is 22.5. The van der Waals surface area contributed by atoms with Crippen LogP contribution >= 0.6 is 0 Å². The average Bonchev–Trinajstić information content (AvgIpc) is 2.83. The molecule has 1 heterocycles. The zero-order chi connectivity index (χ0) is 13.7. The molecule has 1 fully saturated rings. The summed E-state index contributed by atoms with van der Waals surface area (Å²) in [6.45, 7) is 2.14. The first kappa shape index (κ1) is 13.4. The Kier molecular flexibility index (Phi) is 4.35. The summed E-state index contributed by atoms with van der Waals surface area (Å²) in [5.74, 6) is -0.128. The van der Waals surface area contributed by atoms with Crippen LogP contribution in [0, 0.1) is 0 Å². The van der Waals surface area contributed by atoms with E-state index in [0.29, 0.717) is 18.0 Å². The lowest BCUT2D eigenvalue weighted by Crippen LogP contribution is -2.37. The van der Waals surface area contributed by atoms with Gasteiger partial charge in [-0.2, -0.15) is 0 Å². The summed E-state index contributed by atoms with van der Waals surface area (Å²) in [5.41, 5.74) is 1.35. The molecule has 0 spiro atoms. The van der Waals surface area contributed by atoms with E-state index in [0.717, 1.165) is 12.8 Å². The van der Waals surface area contributed by atoms with Crippen molar-refractivity contribution in [2.24, 2.45) is 0 Å². The number of rotatable bonds is 3. The van der Waals surface area contributed by atoms with Gasteiger partial charge in [-0.1, -0.05) is 0 Å². The summed E-state index contributed by atoms with van der Waals surface area (Å²) in [6, 6.07) is 6.60. The van der Waals surface area contributed by atoms with Gasteiger partial charge in [-0.25, -0.2) is 4.79 Å². The highest BCUT2D eigenvalue weighted by atomic mass is 16.5. The first-order valence-electron chi connectivity index (χ1n) is 6.20. The summed E-state index contributed by atoms with van der Waals surface area (Å²) < 4.78 is 5.30. The van der Waals surface area contributed by atoms with Crippen LogP contribution in [0.1, 0.15) is 19.8 Å². The molecule has 3 amide bonds. The van der Waals surface area contributed by atoms with Gasteiger partial charge in [0.2, 0.25) is 5.91 Å². The van der Waals surface area contributed by atoms with Crippen LogP contribution in [0.5, 0.6) is 0 Å². The SMILES string of the molecule is CC(=O)Nc1ccc(NC(=O)NC2CCCO2)cc1. The molecule has 0 saturated carbocycles. The third kappa shape index (κ3) is 4.26. The molecule has 1 aliphatic rings. The topological polar surface area (TPSA) is 79.5 Å². The van der Waals surface area contributed by atoms with Crippen molar-refractivity contribution in [3.05, 3.63) is 24.3 Å². The smallest absolute Gasteiger partial charge is 0.321 e. The van der Waals surface area contributed by atoms with Crippen molar-refractivity contribution in [1.82, 2.24) is 5.32 Å². The second-order valence-electron chi connectivity index (χ2n) is 4.36. The Morgan fingerprint density at radius 1 is 1.16 bits per heavy atom. The Bertz CT molecular complexity index is 453.